The van der Waals surface area contributed by atoms with Gasteiger partial charge in [0, 0.05) is 6.20 Å². The molecule has 0 amide bonds. The third kappa shape index (κ3) is 4.07. The van der Waals surface area contributed by atoms with Gasteiger partial charge >= 0.3 is 12.1 Å². The summed E-state index contributed by atoms with van der Waals surface area (Å²) in [4.78, 5) is 14.8. The number of carboxylic acid groups (broad SMARTS) is 1. The number of primary sulfonamides is 1. The predicted octanol–water partition coefficient (Wildman–Crippen LogP) is 3.15. The molecule has 0 fully saturated rings. The number of sulfonamides is 1. The molecule has 1 aromatic heterocycles. The fourth-order valence-corrected chi connectivity index (χ4v) is 3.67. The number of allylic oxidation sites excluding steroid dienone is 2. The number of pyridine rings is 1. The molecule has 1 aliphatic carbocycles. The Hall–Kier alpha value is -2.72. The number of hydrogen-bond donors (Lipinski definition) is 2. The average Bonchev–Trinajstić information content (AvgIpc) is 3.06. The summed E-state index contributed by atoms with van der Waals surface area (Å²) in [5.41, 5.74) is 1.11. The molecule has 148 valence electrons. The molecule has 3 N–H and O–H groups in total. The highest BCUT2D eigenvalue weighted by molar-refractivity contribution is 7.89. The van der Waals surface area contributed by atoms with Crippen LogP contribution >= 0.6 is 0 Å². The number of carboxylic acids is 1. The van der Waals surface area contributed by atoms with E-state index in [0.29, 0.717) is 22.3 Å². The van der Waals surface area contributed by atoms with E-state index in [0.717, 1.165) is 12.3 Å². The summed E-state index contributed by atoms with van der Waals surface area (Å²) in [5, 5.41) is 14.4. The first-order valence-corrected chi connectivity index (χ1v) is 9.63. The number of carbonyl (C=O) groups is 1. The van der Waals surface area contributed by atoms with Crippen LogP contribution in [0.15, 0.2) is 47.5 Å². The third-order valence-corrected chi connectivity index (χ3v) is 5.48. The lowest BCUT2D eigenvalue weighted by molar-refractivity contribution is -0.142. The number of alkyl halides is 3. The van der Waals surface area contributed by atoms with Gasteiger partial charge in [-0.3, -0.25) is 9.78 Å². The first-order valence-electron chi connectivity index (χ1n) is 8.08. The van der Waals surface area contributed by atoms with Crippen LogP contribution in [0.25, 0.3) is 11.1 Å². The van der Waals surface area contributed by atoms with Gasteiger partial charge in [-0.15, -0.1) is 0 Å². The maximum absolute atomic E-state index is 12.7. The Morgan fingerprint density at radius 3 is 2.00 bits per heavy atom. The number of aliphatic carboxylic acids is 1. The maximum Gasteiger partial charge on any atom is 0.433 e. The zero-order chi connectivity index (χ0) is 20.7. The molecule has 1 atom stereocenters. The largest absolute Gasteiger partial charge is 0.481 e. The van der Waals surface area contributed by atoms with Crippen LogP contribution in [0.5, 0.6) is 0 Å². The molecule has 28 heavy (non-hydrogen) atoms. The van der Waals surface area contributed by atoms with Gasteiger partial charge in [0.25, 0.3) is 0 Å². The lowest BCUT2D eigenvalue weighted by Crippen LogP contribution is -2.12. The number of nitrogens with zero attached hydrogens (tertiary/aromatic N) is 1. The quantitative estimate of drug-likeness (QED) is 0.802. The molecule has 0 saturated carbocycles. The van der Waals surface area contributed by atoms with E-state index in [1.807, 2.05) is 0 Å². The van der Waals surface area contributed by atoms with Crippen LogP contribution in [-0.2, 0) is 21.0 Å². The summed E-state index contributed by atoms with van der Waals surface area (Å²) in [6.07, 6.45) is -3.20. The molecule has 0 saturated heterocycles. The standard InChI is InChI=1S/C18H15F3N2O4S/c19-18(20,21)16-6-3-11(9-23-16)15-8-12(17(24)25)7-14(15)10-1-4-13(5-2-10)28(22,26)27/h1-6,9,12H,7-8H2,(H,24,25)(H2,22,26,27). The van der Waals surface area contributed by atoms with Gasteiger partial charge in [-0.25, -0.2) is 13.6 Å². The fourth-order valence-electron chi connectivity index (χ4n) is 3.16. The van der Waals surface area contributed by atoms with Crippen LogP contribution in [0, 0.1) is 5.92 Å². The zero-order valence-corrected chi connectivity index (χ0v) is 15.1. The van der Waals surface area contributed by atoms with Gasteiger partial charge in [-0.1, -0.05) is 18.2 Å². The van der Waals surface area contributed by atoms with Crippen LogP contribution in [0.4, 0.5) is 13.2 Å². The van der Waals surface area contributed by atoms with E-state index in [2.05, 4.69) is 4.98 Å². The molecular weight excluding hydrogens is 397 g/mol. The summed E-state index contributed by atoms with van der Waals surface area (Å²) in [5.74, 6) is -1.75. The highest BCUT2D eigenvalue weighted by Crippen LogP contribution is 2.43. The molecule has 0 bridgehead atoms. The van der Waals surface area contributed by atoms with Crippen molar-refractivity contribution < 1.29 is 31.5 Å². The summed E-state index contributed by atoms with van der Waals surface area (Å²) in [6, 6.07) is 7.70. The van der Waals surface area contributed by atoms with E-state index in [9.17, 15) is 31.5 Å². The number of hydrogen-bond acceptors (Lipinski definition) is 4. The minimum absolute atomic E-state index is 0.0950. The second-order valence-electron chi connectivity index (χ2n) is 6.40. The van der Waals surface area contributed by atoms with Crippen molar-refractivity contribution in [1.29, 1.82) is 0 Å². The molecule has 10 heteroatoms. The number of aromatic nitrogens is 1. The number of nitrogens with two attached hydrogens (primary N) is 1. The van der Waals surface area contributed by atoms with Crippen molar-refractivity contribution in [3.63, 3.8) is 0 Å². The van der Waals surface area contributed by atoms with Gasteiger partial charge in [0.05, 0.1) is 10.8 Å². The molecule has 0 spiro atoms. The van der Waals surface area contributed by atoms with Crippen molar-refractivity contribution in [2.75, 3.05) is 0 Å². The summed E-state index contributed by atoms with van der Waals surface area (Å²) in [7, 11) is -3.88. The predicted molar refractivity (Wildman–Crippen MR) is 94.2 cm³/mol. The lowest BCUT2D eigenvalue weighted by Gasteiger charge is -2.10. The first kappa shape index (κ1) is 20.0. The fraction of sp³-hybridized carbons (Fsp3) is 0.222. The molecule has 2 aromatic rings. The van der Waals surface area contributed by atoms with Crippen molar-refractivity contribution in [2.24, 2.45) is 11.1 Å². The van der Waals surface area contributed by atoms with Crippen LogP contribution in [0.1, 0.15) is 29.7 Å². The van der Waals surface area contributed by atoms with Crippen molar-refractivity contribution in [3.8, 4) is 0 Å². The molecule has 1 aliphatic rings. The van der Waals surface area contributed by atoms with Gasteiger partial charge in [-0.05, 0) is 53.3 Å². The van der Waals surface area contributed by atoms with Gasteiger partial charge in [0.15, 0.2) is 0 Å². The van der Waals surface area contributed by atoms with Crippen LogP contribution < -0.4 is 5.14 Å². The Balaban J connectivity index is 2.04. The van der Waals surface area contributed by atoms with E-state index < -0.39 is 33.8 Å². The number of halogens is 3. The van der Waals surface area contributed by atoms with Crippen LogP contribution in [0.3, 0.4) is 0 Å². The molecule has 1 unspecified atom stereocenters. The minimum Gasteiger partial charge on any atom is -0.481 e. The Morgan fingerprint density at radius 2 is 1.57 bits per heavy atom. The highest BCUT2D eigenvalue weighted by atomic mass is 32.2. The van der Waals surface area contributed by atoms with E-state index in [-0.39, 0.29) is 17.7 Å². The summed E-state index contributed by atoms with van der Waals surface area (Å²) in [6.45, 7) is 0. The Bertz CT molecular complexity index is 1040. The summed E-state index contributed by atoms with van der Waals surface area (Å²) >= 11 is 0. The van der Waals surface area contributed by atoms with Crippen LogP contribution in [0.2, 0.25) is 0 Å². The molecule has 3 rings (SSSR count). The van der Waals surface area contributed by atoms with Crippen LogP contribution in [-0.4, -0.2) is 24.5 Å². The normalized spacial score (nSPS) is 17.8. The average molecular weight is 412 g/mol. The van der Waals surface area contributed by atoms with E-state index in [1.165, 1.54) is 30.3 Å². The smallest absolute Gasteiger partial charge is 0.433 e. The Morgan fingerprint density at radius 1 is 1.04 bits per heavy atom. The highest BCUT2D eigenvalue weighted by Gasteiger charge is 2.34. The van der Waals surface area contributed by atoms with E-state index in [1.54, 1.807) is 0 Å². The molecule has 6 nitrogen and oxygen atoms in total. The number of benzene rings is 1. The topological polar surface area (TPSA) is 110 Å². The van der Waals surface area contributed by atoms with E-state index in [4.69, 9.17) is 5.14 Å². The molecule has 1 aromatic carbocycles. The lowest BCUT2D eigenvalue weighted by atomic mass is 9.98. The SMILES string of the molecule is NS(=O)(=O)c1ccc(C2=C(c3ccc(C(F)(F)F)nc3)CC(C(=O)O)C2)cc1. The summed E-state index contributed by atoms with van der Waals surface area (Å²) < 4.78 is 61.0. The first-order chi connectivity index (χ1) is 13.0. The Labute approximate surface area is 158 Å². The minimum atomic E-state index is -4.57. The molecule has 1 heterocycles. The van der Waals surface area contributed by atoms with Crippen molar-refractivity contribution >= 4 is 27.1 Å². The van der Waals surface area contributed by atoms with Gasteiger partial charge in [-0.2, -0.15) is 13.2 Å². The van der Waals surface area contributed by atoms with Gasteiger partial charge in [0.1, 0.15) is 5.69 Å². The van der Waals surface area contributed by atoms with Crippen molar-refractivity contribution in [2.45, 2.75) is 23.9 Å². The van der Waals surface area contributed by atoms with Gasteiger partial charge in [0.2, 0.25) is 10.0 Å². The number of rotatable bonds is 4. The maximum atomic E-state index is 12.7. The second kappa shape index (κ2) is 7.02. The monoisotopic (exact) mass is 412 g/mol. The Kier molecular flexibility index (Phi) is 5.02. The van der Waals surface area contributed by atoms with E-state index >= 15 is 0 Å². The van der Waals surface area contributed by atoms with Crippen molar-refractivity contribution in [1.82, 2.24) is 4.98 Å². The van der Waals surface area contributed by atoms with Gasteiger partial charge < -0.3 is 5.11 Å². The third-order valence-electron chi connectivity index (χ3n) is 4.55. The molecule has 0 radical (unpaired) electrons. The zero-order valence-electron chi connectivity index (χ0n) is 14.3. The van der Waals surface area contributed by atoms with Crippen molar-refractivity contribution in [3.05, 3.63) is 59.4 Å². The second-order valence-corrected chi connectivity index (χ2v) is 7.96. The molecular formula is C18H15F3N2O4S. The molecule has 0 aliphatic heterocycles.